The summed E-state index contributed by atoms with van der Waals surface area (Å²) in [5, 5.41) is 0. The second kappa shape index (κ2) is 10.0. The van der Waals surface area contributed by atoms with E-state index in [-0.39, 0.29) is 16.7 Å². The Kier molecular flexibility index (Phi) is 7.94. The van der Waals surface area contributed by atoms with Crippen molar-refractivity contribution in [1.29, 1.82) is 0 Å². The van der Waals surface area contributed by atoms with Gasteiger partial charge in [-0.25, -0.2) is 0 Å². The number of amides is 1. The Morgan fingerprint density at radius 1 is 0.933 bits per heavy atom. The minimum absolute atomic E-state index is 0.0494. The molecular weight excluding hydrogens is 372 g/mol. The highest BCUT2D eigenvalue weighted by atomic mass is 16.5. The molecule has 4 nitrogen and oxygen atoms in total. The fourth-order valence-corrected chi connectivity index (χ4v) is 3.19. The van der Waals surface area contributed by atoms with Gasteiger partial charge in [0.2, 0.25) is 0 Å². The number of hydrazine groups is 1. The molecule has 0 fully saturated rings. The Labute approximate surface area is 182 Å². The van der Waals surface area contributed by atoms with Crippen LogP contribution >= 0.6 is 0 Å². The summed E-state index contributed by atoms with van der Waals surface area (Å²) in [7, 11) is 0. The molecule has 4 heteroatoms. The SMILES string of the molecule is CCC(Oc1ccc(C(C)(C)CC)cc1C(C)(C)CC)C(=O)NNc1ccccc1. The number of anilines is 1. The molecule has 2 aromatic carbocycles. The zero-order chi connectivity index (χ0) is 22.4. The summed E-state index contributed by atoms with van der Waals surface area (Å²) in [6.07, 6.45) is 2.05. The fraction of sp³-hybridized carbons (Fsp3) is 0.500. The van der Waals surface area contributed by atoms with E-state index in [9.17, 15) is 4.79 Å². The van der Waals surface area contributed by atoms with Crippen molar-refractivity contribution in [3.63, 3.8) is 0 Å². The first kappa shape index (κ1) is 23.8. The monoisotopic (exact) mass is 410 g/mol. The maximum Gasteiger partial charge on any atom is 0.279 e. The number of ether oxygens (including phenoxy) is 1. The van der Waals surface area contributed by atoms with Gasteiger partial charge in [0.15, 0.2) is 6.10 Å². The maximum atomic E-state index is 12.8. The Bertz CT molecular complexity index is 828. The Hall–Kier alpha value is -2.49. The predicted molar refractivity (Wildman–Crippen MR) is 126 cm³/mol. The van der Waals surface area contributed by atoms with Crippen LogP contribution < -0.4 is 15.6 Å². The molecule has 0 aliphatic carbocycles. The van der Waals surface area contributed by atoms with Gasteiger partial charge in [-0.15, -0.1) is 0 Å². The van der Waals surface area contributed by atoms with Crippen molar-refractivity contribution in [3.8, 4) is 5.75 Å². The smallest absolute Gasteiger partial charge is 0.279 e. The molecule has 1 unspecified atom stereocenters. The number of para-hydroxylation sites is 1. The van der Waals surface area contributed by atoms with Gasteiger partial charge in [-0.3, -0.25) is 15.6 Å². The van der Waals surface area contributed by atoms with E-state index in [0.29, 0.717) is 6.42 Å². The van der Waals surface area contributed by atoms with E-state index in [1.807, 2.05) is 43.3 Å². The topological polar surface area (TPSA) is 50.4 Å². The van der Waals surface area contributed by atoms with Gasteiger partial charge < -0.3 is 4.74 Å². The van der Waals surface area contributed by atoms with Gasteiger partial charge in [-0.2, -0.15) is 0 Å². The van der Waals surface area contributed by atoms with Gasteiger partial charge >= 0.3 is 0 Å². The first-order chi connectivity index (χ1) is 14.1. The summed E-state index contributed by atoms with van der Waals surface area (Å²) in [4.78, 5) is 12.8. The molecule has 0 saturated heterocycles. The first-order valence-corrected chi connectivity index (χ1v) is 11.1. The molecule has 1 atom stereocenters. The van der Waals surface area contributed by atoms with Gasteiger partial charge in [0.1, 0.15) is 5.75 Å². The van der Waals surface area contributed by atoms with E-state index in [1.54, 1.807) is 0 Å². The van der Waals surface area contributed by atoms with Crippen LogP contribution in [0.25, 0.3) is 0 Å². The predicted octanol–water partition coefficient (Wildman–Crippen LogP) is 6.36. The lowest BCUT2D eigenvalue weighted by molar-refractivity contribution is -0.127. The second-order valence-electron chi connectivity index (χ2n) is 9.18. The Morgan fingerprint density at radius 2 is 1.57 bits per heavy atom. The molecule has 0 radical (unpaired) electrons. The number of rotatable bonds is 10. The highest BCUT2D eigenvalue weighted by Crippen LogP contribution is 2.39. The maximum absolute atomic E-state index is 12.8. The zero-order valence-corrected chi connectivity index (χ0v) is 19.6. The van der Waals surface area contributed by atoms with Crippen molar-refractivity contribution in [2.75, 3.05) is 5.43 Å². The summed E-state index contributed by atoms with van der Waals surface area (Å²) in [6.45, 7) is 15.4. The third-order valence-electron chi connectivity index (χ3n) is 6.29. The lowest BCUT2D eigenvalue weighted by Gasteiger charge is -2.31. The van der Waals surface area contributed by atoms with Gasteiger partial charge in [0, 0.05) is 5.56 Å². The fourth-order valence-electron chi connectivity index (χ4n) is 3.19. The summed E-state index contributed by atoms with van der Waals surface area (Å²) in [6, 6.07) is 16.0. The van der Waals surface area contributed by atoms with Crippen molar-refractivity contribution in [3.05, 3.63) is 59.7 Å². The number of hydrogen-bond acceptors (Lipinski definition) is 3. The van der Waals surface area contributed by atoms with Crippen molar-refractivity contribution in [1.82, 2.24) is 5.43 Å². The molecule has 2 N–H and O–H groups in total. The van der Waals surface area contributed by atoms with Crippen LogP contribution in [0.3, 0.4) is 0 Å². The normalized spacial score (nSPS) is 12.9. The van der Waals surface area contributed by atoms with Gasteiger partial charge in [-0.05, 0) is 53.9 Å². The second-order valence-corrected chi connectivity index (χ2v) is 9.18. The minimum Gasteiger partial charge on any atom is -0.480 e. The molecule has 2 aromatic rings. The van der Waals surface area contributed by atoms with Crippen LogP contribution in [0, 0.1) is 0 Å². The van der Waals surface area contributed by atoms with E-state index in [4.69, 9.17) is 4.74 Å². The largest absolute Gasteiger partial charge is 0.480 e. The standard InChI is InChI=1S/C26H38N2O2/c1-8-22(24(29)28-27-20-14-12-11-13-15-20)30-23-17-16-19(25(4,5)9-2)18-21(23)26(6,7)10-3/h11-18,22,27H,8-10H2,1-7H3,(H,28,29). The number of benzene rings is 2. The molecule has 2 rings (SSSR count). The van der Waals surface area contributed by atoms with Crippen molar-refractivity contribution >= 4 is 11.6 Å². The third kappa shape index (κ3) is 5.78. The van der Waals surface area contributed by atoms with Gasteiger partial charge in [0.05, 0.1) is 5.69 Å². The van der Waals surface area contributed by atoms with Gasteiger partial charge in [0.25, 0.3) is 5.91 Å². The summed E-state index contributed by atoms with van der Waals surface area (Å²) >= 11 is 0. The molecular formula is C26H38N2O2. The molecule has 1 amide bonds. The average Bonchev–Trinajstić information content (AvgIpc) is 2.76. The van der Waals surface area contributed by atoms with E-state index in [0.717, 1.165) is 29.8 Å². The van der Waals surface area contributed by atoms with Crippen LogP contribution in [0.2, 0.25) is 0 Å². The molecule has 0 aromatic heterocycles. The Morgan fingerprint density at radius 3 is 2.13 bits per heavy atom. The van der Waals surface area contributed by atoms with E-state index in [1.165, 1.54) is 5.56 Å². The number of nitrogens with one attached hydrogen (secondary N) is 2. The van der Waals surface area contributed by atoms with Crippen LogP contribution in [-0.2, 0) is 15.6 Å². The van der Waals surface area contributed by atoms with Crippen LogP contribution in [0.15, 0.2) is 48.5 Å². The quantitative estimate of drug-likeness (QED) is 0.448. The molecule has 30 heavy (non-hydrogen) atoms. The van der Waals surface area contributed by atoms with Crippen LogP contribution in [0.1, 0.15) is 78.9 Å². The van der Waals surface area contributed by atoms with Crippen molar-refractivity contribution < 1.29 is 9.53 Å². The van der Waals surface area contributed by atoms with E-state index >= 15 is 0 Å². The Balaban J connectivity index is 2.26. The van der Waals surface area contributed by atoms with Crippen LogP contribution in [0.4, 0.5) is 5.69 Å². The van der Waals surface area contributed by atoms with E-state index < -0.39 is 6.10 Å². The molecule has 0 spiro atoms. The number of carbonyl (C=O) groups is 1. The lowest BCUT2D eigenvalue weighted by Crippen LogP contribution is -2.41. The highest BCUT2D eigenvalue weighted by molar-refractivity contribution is 5.82. The number of hydrogen-bond donors (Lipinski definition) is 2. The minimum atomic E-state index is -0.572. The lowest BCUT2D eigenvalue weighted by atomic mass is 9.76. The van der Waals surface area contributed by atoms with Crippen LogP contribution in [0.5, 0.6) is 5.75 Å². The van der Waals surface area contributed by atoms with Crippen molar-refractivity contribution in [2.24, 2.45) is 0 Å². The average molecular weight is 411 g/mol. The molecule has 0 aliphatic heterocycles. The summed E-state index contributed by atoms with van der Waals surface area (Å²) < 4.78 is 6.28. The summed E-state index contributed by atoms with van der Waals surface area (Å²) in [5.74, 6) is 0.610. The summed E-state index contributed by atoms with van der Waals surface area (Å²) in [5.41, 5.74) is 9.07. The van der Waals surface area contributed by atoms with Crippen LogP contribution in [-0.4, -0.2) is 12.0 Å². The molecule has 164 valence electrons. The third-order valence-corrected chi connectivity index (χ3v) is 6.29. The molecule has 0 heterocycles. The first-order valence-electron chi connectivity index (χ1n) is 11.1. The number of carbonyl (C=O) groups excluding carboxylic acids is 1. The van der Waals surface area contributed by atoms with Gasteiger partial charge in [-0.1, -0.05) is 78.8 Å². The van der Waals surface area contributed by atoms with E-state index in [2.05, 4.69) is 64.5 Å². The van der Waals surface area contributed by atoms with Crippen molar-refractivity contribution in [2.45, 2.75) is 84.7 Å². The molecule has 0 aliphatic rings. The molecule has 0 saturated carbocycles. The zero-order valence-electron chi connectivity index (χ0n) is 19.6. The highest BCUT2D eigenvalue weighted by Gasteiger charge is 2.28. The molecule has 0 bridgehead atoms.